The molecular weight excluding hydrogens is 486 g/mol. The molecule has 13 heteroatoms. The highest BCUT2D eigenvalue weighted by molar-refractivity contribution is 5.82. The number of alkyl halides is 2. The summed E-state index contributed by atoms with van der Waals surface area (Å²) >= 11 is 0. The predicted octanol–water partition coefficient (Wildman–Crippen LogP) is 0.836. The molecule has 11 nitrogen and oxygen atoms in total. The van der Waals surface area contributed by atoms with E-state index < -0.39 is 24.2 Å². The number of fused-ring (bicyclic) bond motifs is 1. The van der Waals surface area contributed by atoms with Gasteiger partial charge in [-0.2, -0.15) is 0 Å². The monoisotopic (exact) mass is 518 g/mol. The zero-order valence-corrected chi connectivity index (χ0v) is 20.3. The summed E-state index contributed by atoms with van der Waals surface area (Å²) in [5.74, 6) is 0.855. The summed E-state index contributed by atoms with van der Waals surface area (Å²) in [6, 6.07) is 2.05. The number of aliphatic hydroxyl groups excluding tert-OH is 3. The summed E-state index contributed by atoms with van der Waals surface area (Å²) < 4.78 is 28.6. The van der Waals surface area contributed by atoms with Gasteiger partial charge in [0.1, 0.15) is 17.9 Å². The summed E-state index contributed by atoms with van der Waals surface area (Å²) in [5.41, 5.74) is 8.66. The minimum absolute atomic E-state index is 0.0874. The first-order chi connectivity index (χ1) is 17.8. The van der Waals surface area contributed by atoms with Gasteiger partial charge in [0.15, 0.2) is 11.5 Å². The van der Waals surface area contributed by atoms with Gasteiger partial charge in [0.05, 0.1) is 43.0 Å². The lowest BCUT2D eigenvalue weighted by Crippen LogP contribution is -2.63. The Hall–Kier alpha value is -3.00. The van der Waals surface area contributed by atoms with Crippen LogP contribution in [0.4, 0.5) is 20.3 Å². The third-order valence-corrected chi connectivity index (χ3v) is 7.16. The van der Waals surface area contributed by atoms with Gasteiger partial charge in [-0.1, -0.05) is 0 Å². The first kappa shape index (κ1) is 25.6. The van der Waals surface area contributed by atoms with E-state index in [-0.39, 0.29) is 19.7 Å². The molecule has 3 atom stereocenters. The summed E-state index contributed by atoms with van der Waals surface area (Å²) in [6.45, 7) is 0.827. The van der Waals surface area contributed by atoms with Gasteiger partial charge in [-0.05, 0) is 37.3 Å². The summed E-state index contributed by atoms with van der Waals surface area (Å²) in [5, 5.41) is 31.9. The van der Waals surface area contributed by atoms with Crippen LogP contribution in [0.3, 0.4) is 0 Å². The van der Waals surface area contributed by atoms with Crippen LogP contribution in [-0.2, 0) is 6.54 Å². The fourth-order valence-corrected chi connectivity index (χ4v) is 4.92. The average molecular weight is 519 g/mol. The molecular formula is C24H32F2N8O3. The lowest BCUT2D eigenvalue weighted by molar-refractivity contribution is -0.0529. The fourth-order valence-electron chi connectivity index (χ4n) is 4.92. The van der Waals surface area contributed by atoms with Crippen LogP contribution in [0.15, 0.2) is 24.9 Å². The van der Waals surface area contributed by atoms with E-state index in [9.17, 15) is 19.0 Å². The van der Waals surface area contributed by atoms with E-state index in [0.29, 0.717) is 48.8 Å². The van der Waals surface area contributed by atoms with Gasteiger partial charge in [0.2, 0.25) is 0 Å². The molecule has 0 radical (unpaired) electrons. The molecule has 2 fully saturated rings. The Labute approximate surface area is 212 Å². The van der Waals surface area contributed by atoms with Gasteiger partial charge in [0, 0.05) is 31.2 Å². The van der Waals surface area contributed by atoms with Crippen molar-refractivity contribution < 1.29 is 24.1 Å². The molecule has 0 aromatic carbocycles. The third-order valence-electron chi connectivity index (χ3n) is 7.16. The molecule has 1 saturated carbocycles. The number of hydrogen-bond acceptors (Lipinski definition) is 10. The van der Waals surface area contributed by atoms with Crippen LogP contribution in [0.2, 0.25) is 0 Å². The number of nitrogens with one attached hydrogen (secondary N) is 1. The Morgan fingerprint density at radius 3 is 2.73 bits per heavy atom. The predicted molar refractivity (Wildman–Crippen MR) is 133 cm³/mol. The van der Waals surface area contributed by atoms with Crippen LogP contribution in [0.5, 0.6) is 0 Å². The number of aliphatic hydroxyl groups is 3. The van der Waals surface area contributed by atoms with Crippen LogP contribution in [0, 0.1) is 0 Å². The normalized spacial score (nSPS) is 22.0. The van der Waals surface area contributed by atoms with Crippen molar-refractivity contribution in [1.29, 1.82) is 0 Å². The maximum atomic E-state index is 13.4. The summed E-state index contributed by atoms with van der Waals surface area (Å²) in [4.78, 5) is 19.7. The van der Waals surface area contributed by atoms with Crippen LogP contribution >= 0.6 is 0 Å². The minimum Gasteiger partial charge on any atom is -0.394 e. The van der Waals surface area contributed by atoms with Crippen molar-refractivity contribution in [2.24, 2.45) is 5.73 Å². The number of hydrogen-bond donors (Lipinski definition) is 5. The van der Waals surface area contributed by atoms with Gasteiger partial charge in [-0.25, -0.2) is 23.7 Å². The second-order valence-corrected chi connectivity index (χ2v) is 10.0. The lowest BCUT2D eigenvalue weighted by Gasteiger charge is -2.44. The Kier molecular flexibility index (Phi) is 7.21. The van der Waals surface area contributed by atoms with E-state index in [1.807, 2.05) is 15.5 Å². The standard InChI is InChI=1S/C24H32F2N8O3/c25-21(26)20(37)24(27)4-1-5-33(11-24)18-8-28-17(14-2-3-14)6-15(18)9-34-13-32-19-22(29-7-16(36)10-35)30-12-31-23(19)34/h6,8,12-14,16,20-21,35-37H,1-5,7,9-11,27H2,(H,29,30,31)/t16?,20-,24-/m1/s1. The SMILES string of the molecule is N[C@]1([C@H](O)C(F)F)CCCN(c2cnc(C3CC3)cc2Cn2cnc3c(NCC(O)CO)ncnc32)C1. The van der Waals surface area contributed by atoms with Crippen molar-refractivity contribution in [3.05, 3.63) is 36.2 Å². The minimum atomic E-state index is -2.92. The van der Waals surface area contributed by atoms with Crippen LogP contribution < -0.4 is 16.0 Å². The highest BCUT2D eigenvalue weighted by Gasteiger charge is 2.43. The quantitative estimate of drug-likeness (QED) is 0.260. The van der Waals surface area contributed by atoms with E-state index in [4.69, 9.17) is 10.8 Å². The molecule has 37 heavy (non-hydrogen) atoms. The molecule has 6 N–H and O–H groups in total. The molecule has 0 spiro atoms. The van der Waals surface area contributed by atoms with Crippen LogP contribution in [0.1, 0.15) is 42.9 Å². The molecule has 1 aliphatic heterocycles. The molecule has 4 heterocycles. The molecule has 0 amide bonds. The Bertz CT molecular complexity index is 1240. The molecule has 2 aliphatic rings. The molecule has 1 saturated heterocycles. The van der Waals surface area contributed by atoms with Crippen molar-refractivity contribution in [3.63, 3.8) is 0 Å². The highest BCUT2D eigenvalue weighted by Crippen LogP contribution is 2.41. The van der Waals surface area contributed by atoms with E-state index in [1.54, 1.807) is 12.5 Å². The van der Waals surface area contributed by atoms with E-state index in [1.165, 1.54) is 6.33 Å². The van der Waals surface area contributed by atoms with Gasteiger partial charge in [-0.15, -0.1) is 0 Å². The summed E-state index contributed by atoms with van der Waals surface area (Å²) in [7, 11) is 0. The first-order valence-corrected chi connectivity index (χ1v) is 12.5. The number of aromatic nitrogens is 5. The lowest BCUT2D eigenvalue weighted by atomic mass is 9.84. The second-order valence-electron chi connectivity index (χ2n) is 10.0. The fraction of sp³-hybridized carbons (Fsp3) is 0.583. The Balaban J connectivity index is 1.45. The van der Waals surface area contributed by atoms with Gasteiger partial charge in [0.25, 0.3) is 6.43 Å². The molecule has 3 aromatic heterocycles. The van der Waals surface area contributed by atoms with Gasteiger partial charge >= 0.3 is 0 Å². The number of nitrogens with zero attached hydrogens (tertiary/aromatic N) is 6. The van der Waals surface area contributed by atoms with Crippen molar-refractivity contribution >= 4 is 22.7 Å². The number of imidazole rings is 1. The molecule has 1 unspecified atom stereocenters. The van der Waals surface area contributed by atoms with E-state index in [0.717, 1.165) is 29.8 Å². The molecule has 200 valence electrons. The van der Waals surface area contributed by atoms with Crippen molar-refractivity contribution in [1.82, 2.24) is 24.5 Å². The Morgan fingerprint density at radius 1 is 1.19 bits per heavy atom. The average Bonchev–Trinajstić information content (AvgIpc) is 3.67. The number of pyridine rings is 1. The zero-order chi connectivity index (χ0) is 26.2. The molecule has 0 bridgehead atoms. The molecule has 1 aliphatic carbocycles. The summed E-state index contributed by atoms with van der Waals surface area (Å²) in [6.07, 6.45) is 2.10. The maximum absolute atomic E-state index is 13.4. The second kappa shape index (κ2) is 10.4. The topological polar surface area (TPSA) is 158 Å². The molecule has 5 rings (SSSR count). The Morgan fingerprint density at radius 2 is 2.00 bits per heavy atom. The number of nitrogens with two attached hydrogens (primary N) is 1. The van der Waals surface area contributed by atoms with Crippen molar-refractivity contribution in [3.8, 4) is 0 Å². The van der Waals surface area contributed by atoms with Gasteiger partial charge < -0.3 is 35.8 Å². The maximum Gasteiger partial charge on any atom is 0.265 e. The number of anilines is 2. The molecule has 3 aromatic rings. The number of piperidine rings is 1. The largest absolute Gasteiger partial charge is 0.394 e. The van der Waals surface area contributed by atoms with E-state index >= 15 is 0 Å². The van der Waals surface area contributed by atoms with E-state index in [2.05, 4.69) is 25.3 Å². The van der Waals surface area contributed by atoms with Gasteiger partial charge in [-0.3, -0.25) is 4.98 Å². The third kappa shape index (κ3) is 5.35. The highest BCUT2D eigenvalue weighted by atomic mass is 19.3. The number of halogens is 2. The first-order valence-electron chi connectivity index (χ1n) is 12.5. The van der Waals surface area contributed by atoms with Crippen molar-refractivity contribution in [2.75, 3.05) is 36.5 Å². The number of rotatable bonds is 10. The van der Waals surface area contributed by atoms with Crippen LogP contribution in [0.25, 0.3) is 11.2 Å². The van der Waals surface area contributed by atoms with Crippen molar-refractivity contribution in [2.45, 2.75) is 62.3 Å². The zero-order valence-electron chi connectivity index (χ0n) is 20.3. The smallest absolute Gasteiger partial charge is 0.265 e. The van der Waals surface area contributed by atoms with Crippen LogP contribution in [-0.4, -0.2) is 90.2 Å².